The second-order valence-electron chi connectivity index (χ2n) is 5.03. The molecule has 0 aromatic heterocycles. The van der Waals surface area contributed by atoms with Gasteiger partial charge in [-0.25, -0.2) is 0 Å². The van der Waals surface area contributed by atoms with Crippen molar-refractivity contribution < 1.29 is 4.21 Å². The van der Waals surface area contributed by atoms with Crippen molar-refractivity contribution in [3.63, 3.8) is 0 Å². The van der Waals surface area contributed by atoms with E-state index < -0.39 is 10.8 Å². The Morgan fingerprint density at radius 2 is 1.78 bits per heavy atom. The van der Waals surface area contributed by atoms with E-state index in [-0.39, 0.29) is 5.25 Å². The molecule has 3 unspecified atom stereocenters. The van der Waals surface area contributed by atoms with E-state index in [0.29, 0.717) is 11.8 Å². The Kier molecular flexibility index (Phi) is 6.03. The van der Waals surface area contributed by atoms with Gasteiger partial charge in [0.2, 0.25) is 0 Å². The van der Waals surface area contributed by atoms with Crippen LogP contribution < -0.4 is 5.32 Å². The Bertz CT molecular complexity index is 393. The zero-order chi connectivity index (χ0) is 13.7. The molecule has 1 aromatic carbocycles. The molecule has 0 saturated carbocycles. The summed E-state index contributed by atoms with van der Waals surface area (Å²) in [7, 11) is 1.12. The largest absolute Gasteiger partial charge is 0.316 e. The first-order valence-electron chi connectivity index (χ1n) is 6.59. The summed E-state index contributed by atoms with van der Waals surface area (Å²) in [5.74, 6) is 0.655. The molecule has 2 nitrogen and oxygen atoms in total. The smallest absolute Gasteiger partial charge is 0.0489 e. The molecular formula is C15H25NOS. The molecule has 0 bridgehead atoms. The van der Waals surface area contributed by atoms with E-state index in [9.17, 15) is 4.21 Å². The van der Waals surface area contributed by atoms with Gasteiger partial charge in [0, 0.05) is 27.8 Å². The first-order valence-corrected chi connectivity index (χ1v) is 7.97. The zero-order valence-corrected chi connectivity index (χ0v) is 12.9. The van der Waals surface area contributed by atoms with Gasteiger partial charge in [-0.15, -0.1) is 0 Å². The van der Waals surface area contributed by atoms with Crippen LogP contribution in [0.5, 0.6) is 0 Å². The van der Waals surface area contributed by atoms with Gasteiger partial charge >= 0.3 is 0 Å². The van der Waals surface area contributed by atoms with Crippen LogP contribution in [0.1, 0.15) is 37.0 Å². The highest BCUT2D eigenvalue weighted by atomic mass is 32.2. The SMILES string of the molecule is CCC(NC)C(C)S(=O)Cc1cc(C)cc(C)c1. The number of hydrogen-bond acceptors (Lipinski definition) is 2. The molecule has 1 N–H and O–H groups in total. The standard InChI is InChI=1S/C15H25NOS/c1-6-15(16-5)13(4)18(17)10-14-8-11(2)7-12(3)9-14/h7-9,13,15-16H,6,10H2,1-5H3. The van der Waals surface area contributed by atoms with Crippen LogP contribution >= 0.6 is 0 Å². The zero-order valence-electron chi connectivity index (χ0n) is 12.1. The lowest BCUT2D eigenvalue weighted by molar-refractivity contribution is 0.529. The van der Waals surface area contributed by atoms with Crippen LogP contribution in [0.4, 0.5) is 0 Å². The van der Waals surface area contributed by atoms with Crippen LogP contribution in [-0.4, -0.2) is 22.5 Å². The Morgan fingerprint density at radius 1 is 1.22 bits per heavy atom. The minimum Gasteiger partial charge on any atom is -0.316 e. The number of nitrogens with one attached hydrogen (secondary N) is 1. The molecule has 0 heterocycles. The molecular weight excluding hydrogens is 242 g/mol. The van der Waals surface area contributed by atoms with Crippen molar-refractivity contribution in [3.05, 3.63) is 34.9 Å². The third-order valence-corrected chi connectivity index (χ3v) is 5.16. The normalized spacial score (nSPS) is 16.3. The molecule has 0 spiro atoms. The van der Waals surface area contributed by atoms with Crippen LogP contribution in [0.15, 0.2) is 18.2 Å². The molecule has 0 saturated heterocycles. The quantitative estimate of drug-likeness (QED) is 0.858. The molecule has 0 amide bonds. The maximum atomic E-state index is 12.4. The molecule has 3 atom stereocenters. The van der Waals surface area contributed by atoms with Crippen LogP contribution in [0.25, 0.3) is 0 Å². The maximum absolute atomic E-state index is 12.4. The highest BCUT2D eigenvalue weighted by Gasteiger charge is 2.19. The third kappa shape index (κ3) is 4.21. The van der Waals surface area contributed by atoms with Crippen molar-refractivity contribution in [2.45, 2.75) is 51.2 Å². The van der Waals surface area contributed by atoms with E-state index in [4.69, 9.17) is 0 Å². The fourth-order valence-electron chi connectivity index (χ4n) is 2.40. The second kappa shape index (κ2) is 7.05. The molecule has 0 aliphatic carbocycles. The molecule has 0 aliphatic heterocycles. The van der Waals surface area contributed by atoms with Gasteiger partial charge in [-0.1, -0.05) is 36.2 Å². The first-order chi connectivity index (χ1) is 8.47. The molecule has 102 valence electrons. The lowest BCUT2D eigenvalue weighted by Gasteiger charge is -2.21. The van der Waals surface area contributed by atoms with Gasteiger partial charge in [-0.2, -0.15) is 0 Å². The predicted molar refractivity (Wildman–Crippen MR) is 80.4 cm³/mol. The van der Waals surface area contributed by atoms with Gasteiger partial charge in [0.1, 0.15) is 0 Å². The topological polar surface area (TPSA) is 29.1 Å². The van der Waals surface area contributed by atoms with E-state index in [1.54, 1.807) is 0 Å². The average molecular weight is 267 g/mol. The molecule has 0 fully saturated rings. The van der Waals surface area contributed by atoms with Gasteiger partial charge in [0.15, 0.2) is 0 Å². The summed E-state index contributed by atoms with van der Waals surface area (Å²) >= 11 is 0. The molecule has 3 heteroatoms. The van der Waals surface area contributed by atoms with Crippen LogP contribution in [0.2, 0.25) is 0 Å². The van der Waals surface area contributed by atoms with E-state index in [2.05, 4.69) is 51.2 Å². The fourth-order valence-corrected chi connectivity index (χ4v) is 3.86. The van der Waals surface area contributed by atoms with E-state index in [0.717, 1.165) is 6.42 Å². The summed E-state index contributed by atoms with van der Waals surface area (Å²) in [5, 5.41) is 3.43. The monoisotopic (exact) mass is 267 g/mol. The van der Waals surface area contributed by atoms with Crippen molar-refractivity contribution in [1.29, 1.82) is 0 Å². The van der Waals surface area contributed by atoms with Crippen molar-refractivity contribution in [3.8, 4) is 0 Å². The van der Waals surface area contributed by atoms with Gasteiger partial charge < -0.3 is 5.32 Å². The van der Waals surface area contributed by atoms with Crippen molar-refractivity contribution in [1.82, 2.24) is 5.32 Å². The molecule has 1 rings (SSSR count). The van der Waals surface area contributed by atoms with Crippen molar-refractivity contribution in [2.75, 3.05) is 7.05 Å². The Morgan fingerprint density at radius 3 is 2.22 bits per heavy atom. The lowest BCUT2D eigenvalue weighted by Crippen LogP contribution is -2.38. The van der Waals surface area contributed by atoms with Gasteiger partial charge in [0.05, 0.1) is 0 Å². The Labute approximate surface area is 114 Å². The van der Waals surface area contributed by atoms with Gasteiger partial charge in [0.25, 0.3) is 0 Å². The summed E-state index contributed by atoms with van der Waals surface area (Å²) in [4.78, 5) is 0. The minimum absolute atomic E-state index is 0.181. The number of rotatable bonds is 6. The van der Waals surface area contributed by atoms with Crippen LogP contribution in [0.3, 0.4) is 0 Å². The summed E-state index contributed by atoms with van der Waals surface area (Å²) in [6.45, 7) is 8.38. The van der Waals surface area contributed by atoms with E-state index >= 15 is 0 Å². The minimum atomic E-state index is -0.825. The molecule has 1 aromatic rings. The van der Waals surface area contributed by atoms with Crippen molar-refractivity contribution >= 4 is 10.8 Å². The Hall–Kier alpha value is -0.670. The fraction of sp³-hybridized carbons (Fsp3) is 0.600. The highest BCUT2D eigenvalue weighted by Crippen LogP contribution is 2.15. The van der Waals surface area contributed by atoms with Gasteiger partial charge in [-0.05, 0) is 39.8 Å². The highest BCUT2D eigenvalue weighted by molar-refractivity contribution is 7.84. The van der Waals surface area contributed by atoms with E-state index in [1.807, 2.05) is 7.05 Å². The van der Waals surface area contributed by atoms with Crippen molar-refractivity contribution in [2.24, 2.45) is 0 Å². The second-order valence-corrected chi connectivity index (χ2v) is 6.82. The third-order valence-electron chi connectivity index (χ3n) is 3.38. The maximum Gasteiger partial charge on any atom is 0.0489 e. The van der Waals surface area contributed by atoms with Crippen LogP contribution in [0, 0.1) is 13.8 Å². The lowest BCUT2D eigenvalue weighted by atomic mass is 10.1. The summed E-state index contributed by atoms with van der Waals surface area (Å²) < 4.78 is 12.4. The number of hydrogen-bond donors (Lipinski definition) is 1. The van der Waals surface area contributed by atoms with Gasteiger partial charge in [-0.3, -0.25) is 4.21 Å². The number of benzene rings is 1. The summed E-state index contributed by atoms with van der Waals surface area (Å²) in [6.07, 6.45) is 1.01. The predicted octanol–water partition coefficient (Wildman–Crippen LogP) is 2.94. The Balaban J connectivity index is 2.74. The summed E-state index contributed by atoms with van der Waals surface area (Å²) in [5.41, 5.74) is 3.68. The molecule has 0 aliphatic rings. The average Bonchev–Trinajstić information content (AvgIpc) is 2.28. The molecule has 0 radical (unpaired) electrons. The first kappa shape index (κ1) is 15.4. The molecule has 18 heavy (non-hydrogen) atoms. The summed E-state index contributed by atoms with van der Waals surface area (Å²) in [6, 6.07) is 6.76. The number of aryl methyl sites for hydroxylation is 2. The van der Waals surface area contributed by atoms with E-state index in [1.165, 1.54) is 16.7 Å². The van der Waals surface area contributed by atoms with Crippen LogP contribution in [-0.2, 0) is 16.6 Å².